The molecule has 1 aromatic carbocycles. The van der Waals surface area contributed by atoms with E-state index in [1.54, 1.807) is 7.11 Å². The van der Waals surface area contributed by atoms with Crippen molar-refractivity contribution in [2.45, 2.75) is 26.8 Å². The fraction of sp³-hybridized carbons (Fsp3) is 0.400. The van der Waals surface area contributed by atoms with Crippen LogP contribution in [0.5, 0.6) is 5.75 Å². The number of ether oxygens (including phenoxy) is 1. The maximum absolute atomic E-state index is 12.1. The monoisotopic (exact) mass is 245 g/mol. The van der Waals surface area contributed by atoms with Crippen LogP contribution >= 0.6 is 0 Å². The summed E-state index contributed by atoms with van der Waals surface area (Å²) < 4.78 is 5.12. The molecule has 0 aliphatic carbocycles. The van der Waals surface area contributed by atoms with E-state index in [0.717, 1.165) is 29.9 Å². The number of carbonyl (C=O) groups excluding carboxylic acids is 1. The van der Waals surface area contributed by atoms with Crippen LogP contribution in [0.2, 0.25) is 0 Å². The third kappa shape index (κ3) is 2.55. The van der Waals surface area contributed by atoms with Crippen molar-refractivity contribution in [3.05, 3.63) is 41.0 Å². The molecule has 0 saturated carbocycles. The van der Waals surface area contributed by atoms with Gasteiger partial charge in [-0.3, -0.25) is 4.79 Å². The third-order valence-corrected chi connectivity index (χ3v) is 3.54. The van der Waals surface area contributed by atoms with E-state index in [1.165, 1.54) is 5.57 Å². The van der Waals surface area contributed by atoms with Crippen LogP contribution in [0.15, 0.2) is 35.4 Å². The molecule has 3 nitrogen and oxygen atoms in total. The maximum Gasteiger partial charge on any atom is 0.249 e. The standard InChI is InChI=1S/C15H19NO2/c1-11-8-9-16(15(17)12(11)2)10-13-4-6-14(18-3)7-5-13/h4-7H,8-10H2,1-3H3. The minimum Gasteiger partial charge on any atom is -0.497 e. The average molecular weight is 245 g/mol. The van der Waals surface area contributed by atoms with Crippen LogP contribution in [-0.4, -0.2) is 24.5 Å². The quantitative estimate of drug-likeness (QED) is 0.819. The summed E-state index contributed by atoms with van der Waals surface area (Å²) >= 11 is 0. The molecule has 1 amide bonds. The molecule has 0 radical (unpaired) electrons. The van der Waals surface area contributed by atoms with Gasteiger partial charge in [0.2, 0.25) is 5.91 Å². The second-order valence-electron chi connectivity index (χ2n) is 4.73. The van der Waals surface area contributed by atoms with Crippen molar-refractivity contribution < 1.29 is 9.53 Å². The average Bonchev–Trinajstić information content (AvgIpc) is 2.40. The summed E-state index contributed by atoms with van der Waals surface area (Å²) in [6.45, 7) is 5.44. The molecule has 0 aromatic heterocycles. The number of rotatable bonds is 3. The summed E-state index contributed by atoms with van der Waals surface area (Å²) in [6, 6.07) is 7.87. The molecular weight excluding hydrogens is 226 g/mol. The van der Waals surface area contributed by atoms with Gasteiger partial charge in [-0.2, -0.15) is 0 Å². The van der Waals surface area contributed by atoms with Gasteiger partial charge in [-0.1, -0.05) is 17.7 Å². The molecule has 0 N–H and O–H groups in total. The first-order valence-corrected chi connectivity index (χ1v) is 6.20. The second kappa shape index (κ2) is 5.25. The zero-order valence-corrected chi connectivity index (χ0v) is 11.2. The molecule has 1 aromatic rings. The van der Waals surface area contributed by atoms with E-state index in [4.69, 9.17) is 4.74 Å². The Morgan fingerprint density at radius 2 is 1.89 bits per heavy atom. The molecule has 96 valence electrons. The number of hydrogen-bond acceptors (Lipinski definition) is 2. The molecule has 0 bridgehead atoms. The first-order chi connectivity index (χ1) is 8.61. The van der Waals surface area contributed by atoms with Crippen LogP contribution in [0, 0.1) is 0 Å². The predicted molar refractivity (Wildman–Crippen MR) is 71.4 cm³/mol. The van der Waals surface area contributed by atoms with Gasteiger partial charge in [0.15, 0.2) is 0 Å². The normalized spacial score (nSPS) is 16.2. The predicted octanol–water partition coefficient (Wildman–Crippen LogP) is 2.76. The molecule has 2 rings (SSSR count). The van der Waals surface area contributed by atoms with Gasteiger partial charge in [-0.25, -0.2) is 0 Å². The SMILES string of the molecule is COc1ccc(CN2CCC(C)=C(C)C2=O)cc1. The minimum atomic E-state index is 0.162. The summed E-state index contributed by atoms with van der Waals surface area (Å²) in [6.07, 6.45) is 0.980. The molecule has 0 atom stereocenters. The van der Waals surface area contributed by atoms with E-state index in [0.29, 0.717) is 6.54 Å². The van der Waals surface area contributed by atoms with E-state index >= 15 is 0 Å². The highest BCUT2D eigenvalue weighted by atomic mass is 16.5. The summed E-state index contributed by atoms with van der Waals surface area (Å²) in [7, 11) is 1.65. The van der Waals surface area contributed by atoms with Gasteiger partial charge in [0.1, 0.15) is 5.75 Å². The summed E-state index contributed by atoms with van der Waals surface area (Å²) in [4.78, 5) is 14.0. The summed E-state index contributed by atoms with van der Waals surface area (Å²) in [5.41, 5.74) is 3.25. The molecular formula is C15H19NO2. The molecule has 0 saturated heterocycles. The Labute approximate surface area is 108 Å². The third-order valence-electron chi connectivity index (χ3n) is 3.54. The van der Waals surface area contributed by atoms with E-state index in [1.807, 2.05) is 43.0 Å². The Balaban J connectivity index is 2.08. The first-order valence-electron chi connectivity index (χ1n) is 6.20. The van der Waals surface area contributed by atoms with Crippen molar-refractivity contribution in [3.63, 3.8) is 0 Å². The number of nitrogens with zero attached hydrogens (tertiary/aromatic N) is 1. The number of amides is 1. The smallest absolute Gasteiger partial charge is 0.249 e. The molecule has 0 fully saturated rings. The van der Waals surface area contributed by atoms with Gasteiger partial charge >= 0.3 is 0 Å². The summed E-state index contributed by atoms with van der Waals surface area (Å²) in [5.74, 6) is 1.00. The van der Waals surface area contributed by atoms with Gasteiger partial charge in [0, 0.05) is 18.7 Å². The number of methoxy groups -OCH3 is 1. The lowest BCUT2D eigenvalue weighted by molar-refractivity contribution is -0.128. The van der Waals surface area contributed by atoms with Crippen LogP contribution in [-0.2, 0) is 11.3 Å². The zero-order chi connectivity index (χ0) is 13.1. The number of hydrogen-bond donors (Lipinski definition) is 0. The van der Waals surface area contributed by atoms with Crippen LogP contribution in [0.25, 0.3) is 0 Å². The highest BCUT2D eigenvalue weighted by molar-refractivity contribution is 5.94. The molecule has 1 aliphatic rings. The molecule has 1 heterocycles. The van der Waals surface area contributed by atoms with Crippen molar-refractivity contribution in [3.8, 4) is 5.75 Å². The first kappa shape index (κ1) is 12.7. The van der Waals surface area contributed by atoms with Gasteiger partial charge in [0.25, 0.3) is 0 Å². The van der Waals surface area contributed by atoms with Crippen LogP contribution in [0.1, 0.15) is 25.8 Å². The topological polar surface area (TPSA) is 29.5 Å². The lowest BCUT2D eigenvalue weighted by atomic mass is 10.0. The van der Waals surface area contributed by atoms with Crippen LogP contribution < -0.4 is 4.74 Å². The molecule has 1 aliphatic heterocycles. The van der Waals surface area contributed by atoms with Gasteiger partial charge in [-0.15, -0.1) is 0 Å². The Hall–Kier alpha value is -1.77. The lowest BCUT2D eigenvalue weighted by Gasteiger charge is -2.28. The van der Waals surface area contributed by atoms with Crippen molar-refractivity contribution in [1.29, 1.82) is 0 Å². The fourth-order valence-electron chi connectivity index (χ4n) is 2.11. The highest BCUT2D eigenvalue weighted by Gasteiger charge is 2.21. The largest absolute Gasteiger partial charge is 0.497 e. The molecule has 0 unspecified atom stereocenters. The van der Waals surface area contributed by atoms with Gasteiger partial charge < -0.3 is 9.64 Å². The molecule has 18 heavy (non-hydrogen) atoms. The number of benzene rings is 1. The second-order valence-corrected chi connectivity index (χ2v) is 4.73. The van der Waals surface area contributed by atoms with Crippen molar-refractivity contribution in [2.75, 3.05) is 13.7 Å². The fourth-order valence-corrected chi connectivity index (χ4v) is 2.11. The van der Waals surface area contributed by atoms with E-state index < -0.39 is 0 Å². The summed E-state index contributed by atoms with van der Waals surface area (Å²) in [5, 5.41) is 0. The Kier molecular flexibility index (Phi) is 3.70. The molecule has 3 heteroatoms. The van der Waals surface area contributed by atoms with Gasteiger partial charge in [-0.05, 0) is 38.0 Å². The zero-order valence-electron chi connectivity index (χ0n) is 11.2. The van der Waals surface area contributed by atoms with Crippen molar-refractivity contribution in [1.82, 2.24) is 4.90 Å². The Morgan fingerprint density at radius 3 is 2.50 bits per heavy atom. The maximum atomic E-state index is 12.1. The van der Waals surface area contributed by atoms with Crippen molar-refractivity contribution in [2.24, 2.45) is 0 Å². The van der Waals surface area contributed by atoms with E-state index in [-0.39, 0.29) is 5.91 Å². The van der Waals surface area contributed by atoms with Crippen LogP contribution in [0.4, 0.5) is 0 Å². The number of carbonyl (C=O) groups is 1. The van der Waals surface area contributed by atoms with E-state index in [9.17, 15) is 4.79 Å². The highest BCUT2D eigenvalue weighted by Crippen LogP contribution is 2.21. The Morgan fingerprint density at radius 1 is 1.22 bits per heavy atom. The Bertz CT molecular complexity index is 474. The van der Waals surface area contributed by atoms with Crippen molar-refractivity contribution >= 4 is 5.91 Å². The molecule has 0 spiro atoms. The van der Waals surface area contributed by atoms with Crippen LogP contribution in [0.3, 0.4) is 0 Å². The van der Waals surface area contributed by atoms with E-state index in [2.05, 4.69) is 0 Å². The lowest BCUT2D eigenvalue weighted by Crippen LogP contribution is -2.35. The van der Waals surface area contributed by atoms with Gasteiger partial charge in [0.05, 0.1) is 7.11 Å². The minimum absolute atomic E-state index is 0.162.